The van der Waals surface area contributed by atoms with Gasteiger partial charge in [-0.15, -0.1) is 0 Å². The predicted octanol–water partition coefficient (Wildman–Crippen LogP) is 11.3. The molecule has 4 heteroatoms. The van der Waals surface area contributed by atoms with Crippen LogP contribution in [0.15, 0.2) is 156 Å². The summed E-state index contributed by atoms with van der Waals surface area (Å²) in [6, 6.07) is 53.4. The van der Waals surface area contributed by atoms with Crippen LogP contribution >= 0.6 is 0 Å². The minimum Gasteiger partial charge on any atom is -0.456 e. The first-order valence-electron chi connectivity index (χ1n) is 16.1. The average Bonchev–Trinajstić information content (AvgIpc) is 3.50. The Kier molecular flexibility index (Phi) is 7.15. The Bertz CT molecular complexity index is 2390. The summed E-state index contributed by atoms with van der Waals surface area (Å²) in [4.78, 5) is 10.2. The van der Waals surface area contributed by atoms with E-state index in [1.807, 2.05) is 42.5 Å². The summed E-state index contributed by atoms with van der Waals surface area (Å²) in [6.45, 7) is 7.16. The number of fused-ring (bicyclic) bond motifs is 3. The maximum atomic E-state index is 6.11. The molecular formula is C43H34N2OSi. The molecule has 0 atom stereocenters. The minimum atomic E-state index is -1.35. The molecular weight excluding hydrogens is 589 g/mol. The van der Waals surface area contributed by atoms with E-state index >= 15 is 0 Å². The fourth-order valence-corrected chi connectivity index (χ4v) is 7.41. The summed E-state index contributed by atoms with van der Waals surface area (Å²) in [7, 11) is -1.35. The first-order chi connectivity index (χ1) is 22.9. The van der Waals surface area contributed by atoms with Gasteiger partial charge in [-0.3, -0.25) is 0 Å². The maximum absolute atomic E-state index is 6.11. The van der Waals surface area contributed by atoms with Crippen LogP contribution in [0.5, 0.6) is 0 Å². The molecule has 8 rings (SSSR count). The molecule has 2 aromatic heterocycles. The van der Waals surface area contributed by atoms with Crippen molar-refractivity contribution in [3.63, 3.8) is 0 Å². The molecule has 0 N–H and O–H groups in total. The summed E-state index contributed by atoms with van der Waals surface area (Å²) >= 11 is 0. The molecule has 0 aliphatic rings. The van der Waals surface area contributed by atoms with Gasteiger partial charge in [0.15, 0.2) is 5.82 Å². The molecule has 0 saturated carbocycles. The van der Waals surface area contributed by atoms with E-state index in [0.29, 0.717) is 5.82 Å². The van der Waals surface area contributed by atoms with Gasteiger partial charge in [-0.1, -0.05) is 134 Å². The molecule has 0 bridgehead atoms. The van der Waals surface area contributed by atoms with Crippen molar-refractivity contribution in [2.45, 2.75) is 19.6 Å². The van der Waals surface area contributed by atoms with Crippen molar-refractivity contribution < 1.29 is 4.42 Å². The van der Waals surface area contributed by atoms with Crippen LogP contribution in [0, 0.1) is 0 Å². The summed E-state index contributed by atoms with van der Waals surface area (Å²) in [5.74, 6) is 0.699. The van der Waals surface area contributed by atoms with Gasteiger partial charge in [-0.2, -0.15) is 0 Å². The van der Waals surface area contributed by atoms with Gasteiger partial charge in [0.1, 0.15) is 11.2 Å². The van der Waals surface area contributed by atoms with E-state index in [1.54, 1.807) is 0 Å². The van der Waals surface area contributed by atoms with Crippen molar-refractivity contribution in [1.82, 2.24) is 9.97 Å². The van der Waals surface area contributed by atoms with Crippen molar-refractivity contribution in [3.8, 4) is 56.2 Å². The monoisotopic (exact) mass is 622 g/mol. The van der Waals surface area contributed by atoms with Crippen molar-refractivity contribution in [3.05, 3.63) is 152 Å². The van der Waals surface area contributed by atoms with E-state index in [9.17, 15) is 0 Å². The number of furan rings is 1. The number of benzene rings is 6. The van der Waals surface area contributed by atoms with Crippen molar-refractivity contribution >= 4 is 35.2 Å². The third-order valence-electron chi connectivity index (χ3n) is 8.87. The number of para-hydroxylation sites is 1. The van der Waals surface area contributed by atoms with Gasteiger partial charge in [0.25, 0.3) is 0 Å². The smallest absolute Gasteiger partial charge is 0.160 e. The second-order valence-electron chi connectivity index (χ2n) is 13.1. The van der Waals surface area contributed by atoms with Gasteiger partial charge >= 0.3 is 0 Å². The molecule has 0 spiro atoms. The molecule has 47 heavy (non-hydrogen) atoms. The van der Waals surface area contributed by atoms with Gasteiger partial charge in [0, 0.05) is 27.5 Å². The molecule has 0 fully saturated rings. The Hall–Kier alpha value is -5.58. The van der Waals surface area contributed by atoms with E-state index in [4.69, 9.17) is 14.4 Å². The number of hydrogen-bond acceptors (Lipinski definition) is 3. The Balaban J connectivity index is 1.21. The summed E-state index contributed by atoms with van der Waals surface area (Å²) in [5, 5.41) is 3.66. The number of hydrogen-bond donors (Lipinski definition) is 0. The fraction of sp³-hybridized carbons (Fsp3) is 0.0698. The van der Waals surface area contributed by atoms with Gasteiger partial charge in [-0.25, -0.2) is 9.97 Å². The molecule has 0 aliphatic carbocycles. The lowest BCUT2D eigenvalue weighted by Gasteiger charge is -2.17. The zero-order valence-electron chi connectivity index (χ0n) is 26.7. The Morgan fingerprint density at radius 1 is 0.404 bits per heavy atom. The Morgan fingerprint density at radius 2 is 0.936 bits per heavy atom. The normalized spacial score (nSPS) is 11.7. The predicted molar refractivity (Wildman–Crippen MR) is 199 cm³/mol. The second-order valence-corrected chi connectivity index (χ2v) is 18.2. The van der Waals surface area contributed by atoms with Gasteiger partial charge in [0.05, 0.1) is 19.5 Å². The van der Waals surface area contributed by atoms with Gasteiger partial charge in [0.2, 0.25) is 0 Å². The largest absolute Gasteiger partial charge is 0.456 e. The van der Waals surface area contributed by atoms with Crippen LogP contribution in [-0.2, 0) is 0 Å². The fourth-order valence-electron chi connectivity index (χ4n) is 6.24. The SMILES string of the molecule is C[Si](C)(C)c1ccc(-c2cccc(-c3cccc(-c4cc(-c5ccc6oc7ccccc7c6c5)nc(-c5ccccc5)n4)c3)c2)cc1. The Morgan fingerprint density at radius 3 is 1.64 bits per heavy atom. The zero-order valence-corrected chi connectivity index (χ0v) is 27.7. The number of aromatic nitrogens is 2. The zero-order chi connectivity index (χ0) is 32.0. The van der Waals surface area contributed by atoms with E-state index in [1.165, 1.54) is 21.9 Å². The molecule has 0 amide bonds. The molecule has 226 valence electrons. The lowest BCUT2D eigenvalue weighted by Crippen LogP contribution is -2.37. The summed E-state index contributed by atoms with van der Waals surface area (Å²) in [5.41, 5.74) is 11.3. The molecule has 0 radical (unpaired) electrons. The van der Waals surface area contributed by atoms with E-state index in [-0.39, 0.29) is 0 Å². The molecule has 0 aliphatic heterocycles. The third-order valence-corrected chi connectivity index (χ3v) is 10.9. The molecule has 0 unspecified atom stereocenters. The minimum absolute atomic E-state index is 0.699. The van der Waals surface area contributed by atoms with Gasteiger partial charge in [-0.05, 0) is 64.7 Å². The highest BCUT2D eigenvalue weighted by Gasteiger charge is 2.16. The average molecular weight is 623 g/mol. The first-order valence-corrected chi connectivity index (χ1v) is 19.6. The van der Waals surface area contributed by atoms with Crippen LogP contribution in [0.2, 0.25) is 19.6 Å². The van der Waals surface area contributed by atoms with Crippen molar-refractivity contribution in [2.75, 3.05) is 0 Å². The highest BCUT2D eigenvalue weighted by Crippen LogP contribution is 2.35. The maximum Gasteiger partial charge on any atom is 0.160 e. The van der Waals surface area contributed by atoms with Crippen LogP contribution in [0.3, 0.4) is 0 Å². The standard InChI is InChI=1S/C43H34N2OSi/c1-47(2,3)36-22-19-29(20-23-36)31-13-9-14-32(25-31)33-15-10-16-34(26-33)39-28-40(45-43(44-39)30-11-5-4-6-12-30)35-21-24-42-38(27-35)37-17-7-8-18-41(37)46-42/h4-28H,1-3H3. The topological polar surface area (TPSA) is 38.9 Å². The quantitative estimate of drug-likeness (QED) is 0.173. The lowest BCUT2D eigenvalue weighted by molar-refractivity contribution is 0.669. The highest BCUT2D eigenvalue weighted by molar-refractivity contribution is 6.88. The lowest BCUT2D eigenvalue weighted by atomic mass is 9.97. The van der Waals surface area contributed by atoms with Crippen LogP contribution < -0.4 is 5.19 Å². The molecule has 0 saturated heterocycles. The van der Waals surface area contributed by atoms with E-state index in [0.717, 1.165) is 55.6 Å². The molecule has 6 aromatic carbocycles. The van der Waals surface area contributed by atoms with Crippen molar-refractivity contribution in [2.24, 2.45) is 0 Å². The highest BCUT2D eigenvalue weighted by atomic mass is 28.3. The number of rotatable bonds is 6. The van der Waals surface area contributed by atoms with Gasteiger partial charge < -0.3 is 4.42 Å². The summed E-state index contributed by atoms with van der Waals surface area (Å²) < 4.78 is 6.11. The molecule has 3 nitrogen and oxygen atoms in total. The van der Waals surface area contributed by atoms with Crippen LogP contribution in [-0.4, -0.2) is 18.0 Å². The van der Waals surface area contributed by atoms with Crippen LogP contribution in [0.25, 0.3) is 78.1 Å². The van der Waals surface area contributed by atoms with Crippen LogP contribution in [0.1, 0.15) is 0 Å². The van der Waals surface area contributed by atoms with E-state index in [2.05, 4.69) is 129 Å². The van der Waals surface area contributed by atoms with Crippen LogP contribution in [0.4, 0.5) is 0 Å². The van der Waals surface area contributed by atoms with Crippen molar-refractivity contribution in [1.29, 1.82) is 0 Å². The second kappa shape index (κ2) is 11.7. The third kappa shape index (κ3) is 5.69. The molecule has 2 heterocycles. The molecule has 8 aromatic rings. The summed E-state index contributed by atoms with van der Waals surface area (Å²) in [6.07, 6.45) is 0. The first kappa shape index (κ1) is 28.9. The van der Waals surface area contributed by atoms with E-state index < -0.39 is 8.07 Å². The number of nitrogens with zero attached hydrogens (tertiary/aromatic N) is 2. The Labute approximate surface area is 276 Å².